The largest absolute Gasteiger partial charge is 0.445 e. The molecule has 6 nitrogen and oxygen atoms in total. The monoisotopic (exact) mass is 382 g/mol. The van der Waals surface area contributed by atoms with Crippen molar-refractivity contribution in [3.63, 3.8) is 0 Å². The molecule has 28 heavy (non-hydrogen) atoms. The van der Waals surface area contributed by atoms with Crippen molar-refractivity contribution in [1.82, 2.24) is 9.80 Å². The quantitative estimate of drug-likeness (QED) is 0.863. The minimum atomic E-state index is -0.731. The summed E-state index contributed by atoms with van der Waals surface area (Å²) < 4.78 is 5.38. The van der Waals surface area contributed by atoms with Gasteiger partial charge in [0.15, 0.2) is 0 Å². The van der Waals surface area contributed by atoms with Crippen molar-refractivity contribution in [2.24, 2.45) is 0 Å². The number of aliphatic hydroxyl groups excluding tert-OH is 1. The van der Waals surface area contributed by atoms with Gasteiger partial charge in [-0.3, -0.25) is 9.69 Å². The Morgan fingerprint density at radius 3 is 2.46 bits per heavy atom. The van der Waals surface area contributed by atoms with Crippen LogP contribution in [0, 0.1) is 6.92 Å². The van der Waals surface area contributed by atoms with Gasteiger partial charge in [0.25, 0.3) is 0 Å². The highest BCUT2D eigenvalue weighted by Gasteiger charge is 2.41. The van der Waals surface area contributed by atoms with Crippen LogP contribution in [0.3, 0.4) is 0 Å². The molecule has 2 aromatic rings. The third kappa shape index (κ3) is 4.89. The number of aliphatic hydroxyl groups is 1. The Morgan fingerprint density at radius 1 is 1.11 bits per heavy atom. The molecule has 1 fully saturated rings. The molecule has 1 heterocycles. The number of nitrogens with zero attached hydrogens (tertiary/aromatic N) is 2. The number of likely N-dealkylation sites (N-methyl/N-ethyl adjacent to an activating group) is 1. The predicted molar refractivity (Wildman–Crippen MR) is 105 cm³/mol. The summed E-state index contributed by atoms with van der Waals surface area (Å²) in [6, 6.07) is 16.6. The van der Waals surface area contributed by atoms with Gasteiger partial charge in [-0.2, -0.15) is 0 Å². The highest BCUT2D eigenvalue weighted by atomic mass is 16.6. The van der Waals surface area contributed by atoms with Gasteiger partial charge in [-0.05, 0) is 18.1 Å². The lowest BCUT2D eigenvalue weighted by Gasteiger charge is -2.27. The molecule has 3 rings (SSSR count). The lowest BCUT2D eigenvalue weighted by atomic mass is 10.1. The first kappa shape index (κ1) is 19.9. The van der Waals surface area contributed by atoms with Gasteiger partial charge < -0.3 is 14.7 Å². The number of rotatable bonds is 5. The molecular formula is C22H26N2O4. The fourth-order valence-electron chi connectivity index (χ4n) is 3.35. The van der Waals surface area contributed by atoms with Gasteiger partial charge in [-0.25, -0.2) is 4.79 Å². The summed E-state index contributed by atoms with van der Waals surface area (Å²) in [5.41, 5.74) is 3.01. The molecule has 1 saturated heterocycles. The second kappa shape index (κ2) is 8.89. The molecule has 2 amide bonds. The van der Waals surface area contributed by atoms with Crippen LogP contribution >= 0.6 is 0 Å². The van der Waals surface area contributed by atoms with E-state index in [0.29, 0.717) is 6.54 Å². The van der Waals surface area contributed by atoms with Crippen molar-refractivity contribution in [2.45, 2.75) is 38.6 Å². The highest BCUT2D eigenvalue weighted by molar-refractivity contribution is 5.86. The number of ether oxygens (including phenoxy) is 1. The zero-order valence-corrected chi connectivity index (χ0v) is 16.2. The van der Waals surface area contributed by atoms with Gasteiger partial charge >= 0.3 is 6.09 Å². The van der Waals surface area contributed by atoms with E-state index in [-0.39, 0.29) is 25.5 Å². The van der Waals surface area contributed by atoms with Gasteiger partial charge in [0, 0.05) is 20.0 Å². The molecule has 1 unspecified atom stereocenters. The first-order valence-corrected chi connectivity index (χ1v) is 9.40. The summed E-state index contributed by atoms with van der Waals surface area (Å²) in [6.07, 6.45) is -1.09. The van der Waals surface area contributed by atoms with E-state index in [1.807, 2.05) is 61.5 Å². The zero-order valence-electron chi connectivity index (χ0n) is 16.2. The molecule has 0 aromatic heterocycles. The first-order chi connectivity index (χ1) is 13.4. The molecule has 1 aliphatic rings. The molecule has 148 valence electrons. The van der Waals surface area contributed by atoms with Crippen LogP contribution in [0.25, 0.3) is 0 Å². The maximum absolute atomic E-state index is 12.9. The Kier molecular flexibility index (Phi) is 6.31. The summed E-state index contributed by atoms with van der Waals surface area (Å²) in [7, 11) is 1.70. The van der Waals surface area contributed by atoms with Gasteiger partial charge in [0.05, 0.1) is 12.6 Å². The van der Waals surface area contributed by atoms with Gasteiger partial charge in [0.1, 0.15) is 12.6 Å². The van der Waals surface area contributed by atoms with Crippen molar-refractivity contribution in [3.05, 3.63) is 71.3 Å². The Labute approximate surface area is 165 Å². The van der Waals surface area contributed by atoms with Gasteiger partial charge in [-0.1, -0.05) is 60.2 Å². The molecule has 2 aromatic carbocycles. The van der Waals surface area contributed by atoms with E-state index in [4.69, 9.17) is 4.74 Å². The van der Waals surface area contributed by atoms with E-state index < -0.39 is 18.2 Å². The lowest BCUT2D eigenvalue weighted by molar-refractivity contribution is -0.134. The third-order valence-corrected chi connectivity index (χ3v) is 4.92. The minimum Gasteiger partial charge on any atom is -0.445 e. The molecule has 1 N–H and O–H groups in total. The number of likely N-dealkylation sites (tertiary alicyclic amines) is 1. The summed E-state index contributed by atoms with van der Waals surface area (Å²) in [6.45, 7) is 2.66. The zero-order chi connectivity index (χ0) is 20.1. The molecule has 2 atom stereocenters. The van der Waals surface area contributed by atoms with E-state index in [9.17, 15) is 14.7 Å². The SMILES string of the molecule is Cc1ccc(COC(=O)N2CC(O)C[C@H]2C(=O)N(C)Cc2ccccc2)cc1. The second-order valence-corrected chi connectivity index (χ2v) is 7.28. The molecular weight excluding hydrogens is 356 g/mol. The Morgan fingerprint density at radius 2 is 1.79 bits per heavy atom. The van der Waals surface area contributed by atoms with Crippen LogP contribution < -0.4 is 0 Å². The second-order valence-electron chi connectivity index (χ2n) is 7.28. The maximum atomic E-state index is 12.9. The number of hydrogen-bond donors (Lipinski definition) is 1. The molecule has 0 saturated carbocycles. The molecule has 0 bridgehead atoms. The number of β-amino-alcohol motifs (C(OH)–C–C–N with tert-alkyl or cyclic N) is 1. The first-order valence-electron chi connectivity index (χ1n) is 9.40. The molecule has 0 radical (unpaired) electrons. The Balaban J connectivity index is 1.61. The average molecular weight is 382 g/mol. The Bertz CT molecular complexity index is 807. The van der Waals surface area contributed by atoms with Gasteiger partial charge in [-0.15, -0.1) is 0 Å². The average Bonchev–Trinajstić information content (AvgIpc) is 3.09. The molecule has 1 aliphatic heterocycles. The topological polar surface area (TPSA) is 70.1 Å². The maximum Gasteiger partial charge on any atom is 0.410 e. The summed E-state index contributed by atoms with van der Waals surface area (Å²) in [4.78, 5) is 28.4. The predicted octanol–water partition coefficient (Wildman–Crippen LogP) is 2.73. The Hall–Kier alpha value is -2.86. The van der Waals surface area contributed by atoms with Crippen molar-refractivity contribution in [2.75, 3.05) is 13.6 Å². The fourth-order valence-corrected chi connectivity index (χ4v) is 3.35. The van der Waals surface area contributed by atoms with E-state index in [2.05, 4.69) is 0 Å². The normalized spacial score (nSPS) is 18.8. The van der Waals surface area contributed by atoms with Gasteiger partial charge in [0.2, 0.25) is 5.91 Å². The smallest absolute Gasteiger partial charge is 0.410 e. The number of amides is 2. The van der Waals surface area contributed by atoms with E-state index in [1.54, 1.807) is 11.9 Å². The number of aryl methyl sites for hydroxylation is 1. The van der Waals surface area contributed by atoms with Crippen LogP contribution in [0.15, 0.2) is 54.6 Å². The van der Waals surface area contributed by atoms with Crippen LogP contribution in [-0.4, -0.2) is 52.6 Å². The number of carbonyl (C=O) groups excluding carboxylic acids is 2. The summed E-state index contributed by atoms with van der Waals surface area (Å²) >= 11 is 0. The summed E-state index contributed by atoms with van der Waals surface area (Å²) in [5, 5.41) is 10.0. The molecule has 6 heteroatoms. The lowest BCUT2D eigenvalue weighted by Crippen LogP contribution is -2.46. The number of hydrogen-bond acceptors (Lipinski definition) is 4. The van der Waals surface area contributed by atoms with E-state index in [1.165, 1.54) is 4.90 Å². The number of carbonyl (C=O) groups is 2. The molecule has 0 aliphatic carbocycles. The van der Waals surface area contributed by atoms with Crippen LogP contribution in [0.2, 0.25) is 0 Å². The summed E-state index contributed by atoms with van der Waals surface area (Å²) in [5.74, 6) is -0.201. The third-order valence-electron chi connectivity index (χ3n) is 4.92. The van der Waals surface area contributed by atoms with Crippen molar-refractivity contribution in [3.8, 4) is 0 Å². The van der Waals surface area contributed by atoms with E-state index >= 15 is 0 Å². The fraction of sp³-hybridized carbons (Fsp3) is 0.364. The van der Waals surface area contributed by atoms with Crippen molar-refractivity contribution in [1.29, 1.82) is 0 Å². The standard InChI is InChI=1S/C22H26N2O4/c1-16-8-10-18(11-9-16)15-28-22(27)24-14-19(25)12-20(24)21(26)23(2)13-17-6-4-3-5-7-17/h3-11,19-20,25H,12-15H2,1-2H3/t19?,20-/m0/s1. The van der Waals surface area contributed by atoms with Crippen molar-refractivity contribution >= 4 is 12.0 Å². The van der Waals surface area contributed by atoms with Crippen LogP contribution in [0.4, 0.5) is 4.79 Å². The van der Waals surface area contributed by atoms with E-state index in [0.717, 1.165) is 16.7 Å². The van der Waals surface area contributed by atoms with Crippen LogP contribution in [0.5, 0.6) is 0 Å². The number of benzene rings is 2. The van der Waals surface area contributed by atoms with Crippen LogP contribution in [-0.2, 0) is 22.7 Å². The van der Waals surface area contributed by atoms with Crippen molar-refractivity contribution < 1.29 is 19.4 Å². The minimum absolute atomic E-state index is 0.0995. The van der Waals surface area contributed by atoms with Crippen LogP contribution in [0.1, 0.15) is 23.1 Å². The highest BCUT2D eigenvalue weighted by Crippen LogP contribution is 2.22. The molecule has 0 spiro atoms.